The number of nitrogen functional groups attached to an aromatic ring is 1. The number of rotatable bonds is 5. The Balaban J connectivity index is 1.60. The first kappa shape index (κ1) is 16.9. The molecule has 0 saturated carbocycles. The van der Waals surface area contributed by atoms with Crippen LogP contribution in [0.25, 0.3) is 5.69 Å². The highest BCUT2D eigenvalue weighted by Gasteiger charge is 2.23. The molecule has 0 aliphatic rings. The number of benzene rings is 2. The molecule has 0 radical (unpaired) electrons. The van der Waals surface area contributed by atoms with E-state index in [1.54, 1.807) is 10.9 Å². The van der Waals surface area contributed by atoms with E-state index in [0.717, 1.165) is 11.3 Å². The Kier molecular flexibility index (Phi) is 4.58. The topological polar surface area (TPSA) is 112 Å². The molecule has 0 spiro atoms. The van der Waals surface area contributed by atoms with Gasteiger partial charge in [0.15, 0.2) is 5.69 Å². The van der Waals surface area contributed by atoms with Gasteiger partial charge in [0, 0.05) is 0 Å². The highest BCUT2D eigenvalue weighted by Crippen LogP contribution is 2.26. The van der Waals surface area contributed by atoms with Crippen molar-refractivity contribution in [1.82, 2.24) is 30.5 Å². The van der Waals surface area contributed by atoms with Gasteiger partial charge in [-0.25, -0.2) is 4.68 Å². The number of carbonyl (C=O) groups is 1. The quantitative estimate of drug-likeness (QED) is 0.552. The molecule has 9 heteroatoms. The zero-order chi connectivity index (χ0) is 18.6. The maximum Gasteiger partial charge on any atom is 0.274 e. The van der Waals surface area contributed by atoms with Gasteiger partial charge >= 0.3 is 0 Å². The maximum atomic E-state index is 12.8. The van der Waals surface area contributed by atoms with Crippen molar-refractivity contribution in [3.63, 3.8) is 0 Å². The summed E-state index contributed by atoms with van der Waals surface area (Å²) in [5.41, 5.74) is 7.61. The van der Waals surface area contributed by atoms with E-state index in [-0.39, 0.29) is 11.6 Å². The van der Waals surface area contributed by atoms with Crippen molar-refractivity contribution < 1.29 is 4.79 Å². The van der Waals surface area contributed by atoms with Gasteiger partial charge in [-0.2, -0.15) is 0 Å². The third-order valence-electron chi connectivity index (χ3n) is 3.86. The highest BCUT2D eigenvalue weighted by molar-refractivity contribution is 7.15. The summed E-state index contributed by atoms with van der Waals surface area (Å²) < 4.78 is 1.55. The summed E-state index contributed by atoms with van der Waals surface area (Å²) >= 11 is 1.23. The fourth-order valence-electron chi connectivity index (χ4n) is 2.58. The molecule has 2 heterocycles. The van der Waals surface area contributed by atoms with Crippen LogP contribution < -0.4 is 11.1 Å². The molecule has 1 atom stereocenters. The number of hydrogen-bond donors (Lipinski definition) is 2. The van der Waals surface area contributed by atoms with E-state index in [0.29, 0.717) is 10.1 Å². The van der Waals surface area contributed by atoms with E-state index < -0.39 is 6.04 Å². The summed E-state index contributed by atoms with van der Waals surface area (Å²) in [6, 6.07) is 18.5. The summed E-state index contributed by atoms with van der Waals surface area (Å²) in [7, 11) is 0. The van der Waals surface area contributed by atoms with E-state index in [1.165, 1.54) is 11.3 Å². The van der Waals surface area contributed by atoms with Gasteiger partial charge < -0.3 is 11.1 Å². The lowest BCUT2D eigenvalue weighted by molar-refractivity contribution is 0.0937. The maximum absolute atomic E-state index is 12.8. The van der Waals surface area contributed by atoms with Crippen LogP contribution in [0.15, 0.2) is 66.9 Å². The minimum Gasteiger partial charge on any atom is -0.374 e. The van der Waals surface area contributed by atoms with Crippen LogP contribution in [-0.2, 0) is 0 Å². The summed E-state index contributed by atoms with van der Waals surface area (Å²) in [6.45, 7) is 0. The summed E-state index contributed by atoms with van der Waals surface area (Å²) in [6.07, 6.45) is 1.58. The van der Waals surface area contributed by atoms with Crippen LogP contribution in [0.3, 0.4) is 0 Å². The Morgan fingerprint density at radius 3 is 2.37 bits per heavy atom. The van der Waals surface area contributed by atoms with Gasteiger partial charge in [-0.05, 0) is 17.7 Å². The van der Waals surface area contributed by atoms with Crippen LogP contribution in [0.1, 0.15) is 27.1 Å². The molecule has 0 bridgehead atoms. The average molecular weight is 377 g/mol. The van der Waals surface area contributed by atoms with Crippen molar-refractivity contribution in [1.29, 1.82) is 0 Å². The van der Waals surface area contributed by atoms with Gasteiger partial charge in [0.05, 0.1) is 11.9 Å². The summed E-state index contributed by atoms with van der Waals surface area (Å²) in [5.74, 6) is -0.361. The van der Waals surface area contributed by atoms with E-state index in [1.807, 2.05) is 60.7 Å². The van der Waals surface area contributed by atoms with Crippen LogP contribution in [0.5, 0.6) is 0 Å². The van der Waals surface area contributed by atoms with Crippen molar-refractivity contribution in [2.45, 2.75) is 6.04 Å². The zero-order valence-electron chi connectivity index (χ0n) is 14.1. The molecule has 8 nitrogen and oxygen atoms in total. The molecular formula is C18H15N7OS. The fourth-order valence-corrected chi connectivity index (χ4v) is 3.27. The summed E-state index contributed by atoms with van der Waals surface area (Å²) in [5, 5.41) is 19.8. The Morgan fingerprint density at radius 1 is 1.00 bits per heavy atom. The molecule has 0 aliphatic carbocycles. The Hall–Kier alpha value is -3.59. The van der Waals surface area contributed by atoms with Gasteiger partial charge in [-0.1, -0.05) is 65.1 Å². The van der Waals surface area contributed by atoms with Crippen molar-refractivity contribution in [3.05, 3.63) is 83.1 Å². The van der Waals surface area contributed by atoms with Gasteiger partial charge in [0.25, 0.3) is 5.91 Å². The van der Waals surface area contributed by atoms with Gasteiger partial charge in [0.1, 0.15) is 11.0 Å². The third-order valence-corrected chi connectivity index (χ3v) is 4.68. The second-order valence-corrected chi connectivity index (χ2v) is 6.72. The Labute approximate surface area is 158 Å². The summed E-state index contributed by atoms with van der Waals surface area (Å²) in [4.78, 5) is 12.8. The fraction of sp³-hybridized carbons (Fsp3) is 0.0556. The minimum absolute atomic E-state index is 0.206. The van der Waals surface area contributed by atoms with Crippen LogP contribution >= 0.6 is 11.3 Å². The molecule has 134 valence electrons. The number of anilines is 1. The molecule has 2 aromatic carbocycles. The lowest BCUT2D eigenvalue weighted by Crippen LogP contribution is -2.29. The molecule has 0 aliphatic heterocycles. The smallest absolute Gasteiger partial charge is 0.274 e. The van der Waals surface area contributed by atoms with Crippen molar-refractivity contribution in [3.8, 4) is 5.69 Å². The van der Waals surface area contributed by atoms with E-state index in [9.17, 15) is 4.79 Å². The predicted octanol–water partition coefficient (Wildman–Crippen LogP) is 2.22. The molecule has 1 amide bonds. The first-order chi connectivity index (χ1) is 13.2. The lowest BCUT2D eigenvalue weighted by atomic mass is 10.1. The lowest BCUT2D eigenvalue weighted by Gasteiger charge is -2.15. The normalized spacial score (nSPS) is 11.9. The average Bonchev–Trinajstić information content (AvgIpc) is 3.37. The minimum atomic E-state index is -0.477. The molecule has 27 heavy (non-hydrogen) atoms. The number of nitrogens with two attached hydrogens (primary N) is 1. The van der Waals surface area contributed by atoms with Crippen LogP contribution in [-0.4, -0.2) is 31.1 Å². The standard InChI is InChI=1S/C18H15N7OS/c19-18-23-22-17(27-18)15(12-7-3-1-4-8-12)20-16(26)14-11-25(24-21-14)13-9-5-2-6-10-13/h1-11,15H,(H2,19,23)(H,20,26). The Bertz CT molecular complexity index is 1050. The first-order valence-electron chi connectivity index (χ1n) is 8.13. The van der Waals surface area contributed by atoms with Crippen LogP contribution in [0, 0.1) is 0 Å². The number of carbonyl (C=O) groups excluding carboxylic acids is 1. The van der Waals surface area contributed by atoms with Crippen LogP contribution in [0.2, 0.25) is 0 Å². The number of para-hydroxylation sites is 1. The number of aromatic nitrogens is 5. The second kappa shape index (κ2) is 7.34. The molecule has 4 rings (SSSR count). The van der Waals surface area contributed by atoms with Crippen LogP contribution in [0.4, 0.5) is 5.13 Å². The van der Waals surface area contributed by atoms with Crippen molar-refractivity contribution >= 4 is 22.4 Å². The van der Waals surface area contributed by atoms with Gasteiger partial charge in [-0.15, -0.1) is 15.3 Å². The molecule has 3 N–H and O–H groups in total. The monoisotopic (exact) mass is 377 g/mol. The molecular weight excluding hydrogens is 362 g/mol. The first-order valence-corrected chi connectivity index (χ1v) is 8.95. The largest absolute Gasteiger partial charge is 0.374 e. The van der Waals surface area contributed by atoms with E-state index in [4.69, 9.17) is 5.73 Å². The third kappa shape index (κ3) is 3.67. The van der Waals surface area contributed by atoms with Crippen molar-refractivity contribution in [2.24, 2.45) is 0 Å². The second-order valence-electron chi connectivity index (χ2n) is 5.68. The highest BCUT2D eigenvalue weighted by atomic mass is 32.1. The molecule has 2 aromatic heterocycles. The zero-order valence-corrected chi connectivity index (χ0v) is 14.9. The molecule has 0 saturated heterocycles. The molecule has 1 unspecified atom stereocenters. The predicted molar refractivity (Wildman–Crippen MR) is 101 cm³/mol. The van der Waals surface area contributed by atoms with E-state index in [2.05, 4.69) is 25.8 Å². The van der Waals surface area contributed by atoms with Gasteiger partial charge in [0.2, 0.25) is 5.13 Å². The number of nitrogens with zero attached hydrogens (tertiary/aromatic N) is 5. The van der Waals surface area contributed by atoms with E-state index >= 15 is 0 Å². The van der Waals surface area contributed by atoms with Gasteiger partial charge in [-0.3, -0.25) is 4.79 Å². The molecule has 0 fully saturated rings. The number of amides is 1. The number of hydrogen-bond acceptors (Lipinski definition) is 7. The SMILES string of the molecule is Nc1nnc(C(NC(=O)c2cn(-c3ccccc3)nn2)c2ccccc2)s1. The molecule has 4 aromatic rings. The Morgan fingerprint density at radius 2 is 1.70 bits per heavy atom. The number of nitrogens with one attached hydrogen (secondary N) is 1. The van der Waals surface area contributed by atoms with Crippen molar-refractivity contribution in [2.75, 3.05) is 5.73 Å².